The van der Waals surface area contributed by atoms with E-state index in [1.54, 1.807) is 43.0 Å². The highest BCUT2D eigenvalue weighted by atomic mass is 32.2. The van der Waals surface area contributed by atoms with Gasteiger partial charge in [-0.3, -0.25) is 0 Å². The van der Waals surface area contributed by atoms with Crippen LogP contribution in [0.25, 0.3) is 0 Å². The predicted molar refractivity (Wildman–Crippen MR) is 89.3 cm³/mol. The van der Waals surface area contributed by atoms with Crippen molar-refractivity contribution >= 4 is 17.7 Å². The number of nitriles is 1. The number of thioether (sulfide) groups is 1. The summed E-state index contributed by atoms with van der Waals surface area (Å²) in [6.45, 7) is 1.85. The number of hydrogen-bond acceptors (Lipinski definition) is 5. The summed E-state index contributed by atoms with van der Waals surface area (Å²) >= 11 is 1.66. The quantitative estimate of drug-likeness (QED) is 0.597. The summed E-state index contributed by atoms with van der Waals surface area (Å²) in [5, 5.41) is 8.74. The van der Waals surface area contributed by atoms with E-state index in [1.807, 2.05) is 36.6 Å². The molecule has 2 aromatic carbocycles. The van der Waals surface area contributed by atoms with Gasteiger partial charge in [0, 0.05) is 4.90 Å². The van der Waals surface area contributed by atoms with Gasteiger partial charge in [-0.1, -0.05) is 12.1 Å². The van der Waals surface area contributed by atoms with Crippen LogP contribution in [0.4, 0.5) is 0 Å². The Morgan fingerprint density at radius 2 is 1.83 bits per heavy atom. The topological polar surface area (TPSA) is 59.3 Å². The molecular weight excluding hydrogens is 310 g/mol. The lowest BCUT2D eigenvalue weighted by atomic mass is 10.2. The van der Waals surface area contributed by atoms with Crippen LogP contribution in [0.15, 0.2) is 53.4 Å². The Morgan fingerprint density at radius 3 is 2.39 bits per heavy atom. The lowest BCUT2D eigenvalue weighted by Gasteiger charge is -2.14. The third-order valence-corrected chi connectivity index (χ3v) is 3.91. The molecule has 0 saturated heterocycles. The van der Waals surface area contributed by atoms with Crippen LogP contribution in [0.5, 0.6) is 5.75 Å². The van der Waals surface area contributed by atoms with Crippen molar-refractivity contribution in [1.82, 2.24) is 0 Å². The van der Waals surface area contributed by atoms with Crippen LogP contribution in [-0.2, 0) is 16.1 Å². The van der Waals surface area contributed by atoms with Crippen molar-refractivity contribution in [2.75, 3.05) is 6.26 Å². The van der Waals surface area contributed by atoms with Gasteiger partial charge in [0.2, 0.25) is 0 Å². The van der Waals surface area contributed by atoms with Crippen molar-refractivity contribution in [3.05, 3.63) is 59.7 Å². The van der Waals surface area contributed by atoms with Crippen LogP contribution in [0.2, 0.25) is 0 Å². The van der Waals surface area contributed by atoms with Crippen LogP contribution in [-0.4, -0.2) is 18.3 Å². The number of rotatable bonds is 6. The molecule has 4 nitrogen and oxygen atoms in total. The number of carbonyl (C=O) groups excluding carboxylic acids is 1. The van der Waals surface area contributed by atoms with Crippen molar-refractivity contribution in [3.8, 4) is 11.8 Å². The summed E-state index contributed by atoms with van der Waals surface area (Å²) in [5.74, 6) is 0.0982. The molecule has 0 unspecified atom stereocenters. The molecule has 0 spiro atoms. The molecule has 23 heavy (non-hydrogen) atoms. The fraction of sp³-hybridized carbons (Fsp3) is 0.222. The first kappa shape index (κ1) is 16.9. The fourth-order valence-electron chi connectivity index (χ4n) is 1.85. The second kappa shape index (κ2) is 8.25. The summed E-state index contributed by atoms with van der Waals surface area (Å²) in [5.41, 5.74) is 1.47. The van der Waals surface area contributed by atoms with Gasteiger partial charge in [0.1, 0.15) is 12.4 Å². The van der Waals surface area contributed by atoms with E-state index in [2.05, 4.69) is 0 Å². The van der Waals surface area contributed by atoms with Crippen molar-refractivity contribution in [1.29, 1.82) is 5.26 Å². The van der Waals surface area contributed by atoms with Crippen molar-refractivity contribution in [3.63, 3.8) is 0 Å². The first-order valence-electron chi connectivity index (χ1n) is 7.09. The molecule has 0 heterocycles. The third-order valence-electron chi connectivity index (χ3n) is 3.17. The lowest BCUT2D eigenvalue weighted by molar-refractivity contribution is -0.152. The van der Waals surface area contributed by atoms with Gasteiger partial charge in [0.15, 0.2) is 6.10 Å². The maximum atomic E-state index is 12.0. The van der Waals surface area contributed by atoms with E-state index in [1.165, 1.54) is 0 Å². The molecule has 0 fully saturated rings. The Bertz CT molecular complexity index is 690. The Morgan fingerprint density at radius 1 is 1.17 bits per heavy atom. The van der Waals surface area contributed by atoms with Gasteiger partial charge in [-0.15, -0.1) is 11.8 Å². The molecule has 0 saturated carbocycles. The number of nitrogens with zero attached hydrogens (tertiary/aromatic N) is 1. The van der Waals surface area contributed by atoms with Gasteiger partial charge in [-0.25, -0.2) is 4.79 Å². The Labute approximate surface area is 140 Å². The van der Waals surface area contributed by atoms with Crippen LogP contribution >= 0.6 is 11.8 Å². The highest BCUT2D eigenvalue weighted by molar-refractivity contribution is 7.98. The Balaban J connectivity index is 1.85. The van der Waals surface area contributed by atoms with E-state index >= 15 is 0 Å². The van der Waals surface area contributed by atoms with Gasteiger partial charge < -0.3 is 9.47 Å². The maximum absolute atomic E-state index is 12.0. The van der Waals surface area contributed by atoms with E-state index < -0.39 is 12.1 Å². The van der Waals surface area contributed by atoms with E-state index in [4.69, 9.17) is 14.7 Å². The van der Waals surface area contributed by atoms with E-state index in [9.17, 15) is 4.79 Å². The number of hydrogen-bond donors (Lipinski definition) is 0. The highest BCUT2D eigenvalue weighted by Crippen LogP contribution is 2.16. The predicted octanol–water partition coefficient (Wildman–Crippen LogP) is 3.79. The third kappa shape index (κ3) is 5.04. The van der Waals surface area contributed by atoms with Crippen LogP contribution in [0, 0.1) is 11.3 Å². The number of benzene rings is 2. The molecule has 0 N–H and O–H groups in total. The molecular formula is C18H17NO3S. The van der Waals surface area contributed by atoms with Crippen molar-refractivity contribution in [2.45, 2.75) is 24.5 Å². The molecule has 5 heteroatoms. The molecule has 0 amide bonds. The molecule has 118 valence electrons. The van der Waals surface area contributed by atoms with Gasteiger partial charge in [-0.2, -0.15) is 5.26 Å². The highest BCUT2D eigenvalue weighted by Gasteiger charge is 2.16. The molecule has 2 aromatic rings. The minimum Gasteiger partial charge on any atom is -0.479 e. The summed E-state index contributed by atoms with van der Waals surface area (Å²) in [4.78, 5) is 13.1. The zero-order valence-electron chi connectivity index (χ0n) is 13.0. The first-order valence-corrected chi connectivity index (χ1v) is 8.31. The lowest BCUT2D eigenvalue weighted by Crippen LogP contribution is -2.26. The number of ether oxygens (including phenoxy) is 2. The molecule has 1 atom stereocenters. The maximum Gasteiger partial charge on any atom is 0.347 e. The number of carbonyl (C=O) groups is 1. The molecule has 2 rings (SSSR count). The second-order valence-electron chi connectivity index (χ2n) is 4.85. The summed E-state index contributed by atoms with van der Waals surface area (Å²) in [6.07, 6.45) is 1.30. The standard InChI is InChI=1S/C18H17NO3S/c1-13(22-16-7-3-14(11-19)4-8-16)18(20)21-12-15-5-9-17(23-2)10-6-15/h3-10,13H,12H2,1-2H3/t13-/m0/s1. The van der Waals surface area contributed by atoms with Crippen LogP contribution < -0.4 is 4.74 Å². The molecule has 0 aliphatic rings. The van der Waals surface area contributed by atoms with Gasteiger partial charge in [0.25, 0.3) is 0 Å². The van der Waals surface area contributed by atoms with Crippen LogP contribution in [0.3, 0.4) is 0 Å². The van der Waals surface area contributed by atoms with Gasteiger partial charge >= 0.3 is 5.97 Å². The molecule has 0 aliphatic heterocycles. The van der Waals surface area contributed by atoms with Gasteiger partial charge in [0.05, 0.1) is 11.6 Å². The van der Waals surface area contributed by atoms with Gasteiger partial charge in [-0.05, 0) is 55.1 Å². The molecule has 0 aliphatic carbocycles. The van der Waals surface area contributed by atoms with E-state index in [-0.39, 0.29) is 6.61 Å². The monoisotopic (exact) mass is 327 g/mol. The average molecular weight is 327 g/mol. The molecule has 0 aromatic heterocycles. The smallest absolute Gasteiger partial charge is 0.347 e. The first-order chi connectivity index (χ1) is 11.1. The zero-order valence-corrected chi connectivity index (χ0v) is 13.8. The summed E-state index contributed by atoms with van der Waals surface area (Å²) < 4.78 is 10.8. The van der Waals surface area contributed by atoms with Crippen molar-refractivity contribution < 1.29 is 14.3 Å². The SMILES string of the molecule is CSc1ccc(COC(=O)[C@H](C)Oc2ccc(C#N)cc2)cc1. The largest absolute Gasteiger partial charge is 0.479 e. The second-order valence-corrected chi connectivity index (χ2v) is 5.73. The number of esters is 1. The summed E-state index contributed by atoms with van der Waals surface area (Å²) in [7, 11) is 0. The average Bonchev–Trinajstić information content (AvgIpc) is 2.60. The fourth-order valence-corrected chi connectivity index (χ4v) is 2.26. The minimum absolute atomic E-state index is 0.217. The van der Waals surface area contributed by atoms with Crippen molar-refractivity contribution in [2.24, 2.45) is 0 Å². The van der Waals surface area contributed by atoms with Crippen LogP contribution in [0.1, 0.15) is 18.1 Å². The van der Waals surface area contributed by atoms with E-state index in [0.717, 1.165) is 10.5 Å². The Hall–Kier alpha value is -2.45. The Kier molecular flexibility index (Phi) is 6.07. The molecule has 0 bridgehead atoms. The van der Waals surface area contributed by atoms with E-state index in [0.29, 0.717) is 11.3 Å². The zero-order chi connectivity index (χ0) is 16.7. The molecule has 0 radical (unpaired) electrons. The normalized spacial score (nSPS) is 11.3. The summed E-state index contributed by atoms with van der Waals surface area (Å²) in [6, 6.07) is 16.5. The minimum atomic E-state index is -0.714.